The number of anilines is 1. The molecule has 28 heavy (non-hydrogen) atoms. The Hall–Kier alpha value is -2.93. The number of rotatable bonds is 6. The van der Waals surface area contributed by atoms with Crippen LogP contribution in [-0.4, -0.2) is 35.4 Å². The van der Waals surface area contributed by atoms with Gasteiger partial charge in [0.25, 0.3) is 0 Å². The first kappa shape index (κ1) is 19.8. The third kappa shape index (κ3) is 5.29. The Labute approximate surface area is 165 Å². The number of hydrogen-bond donors (Lipinski definition) is 4. The highest BCUT2D eigenvalue weighted by Gasteiger charge is 2.29. The monoisotopic (exact) mass is 381 g/mol. The van der Waals surface area contributed by atoms with E-state index in [-0.39, 0.29) is 17.9 Å². The van der Waals surface area contributed by atoms with Crippen molar-refractivity contribution in [2.45, 2.75) is 44.3 Å². The Morgan fingerprint density at radius 1 is 1.25 bits per heavy atom. The molecule has 3 atom stereocenters. The fraction of sp³-hybridized carbons (Fsp3) is 0.381. The van der Waals surface area contributed by atoms with Crippen LogP contribution in [0.15, 0.2) is 48.7 Å². The number of nitrogens with zero attached hydrogens (tertiary/aromatic N) is 1. The van der Waals surface area contributed by atoms with Crippen molar-refractivity contribution in [3.05, 3.63) is 59.8 Å². The number of carbonyl (C=O) groups excluding carboxylic acids is 2. The van der Waals surface area contributed by atoms with Crippen molar-refractivity contribution >= 4 is 17.6 Å². The topological polar surface area (TPSA) is 109 Å². The number of carbonyl (C=O) groups is 2. The van der Waals surface area contributed by atoms with Crippen molar-refractivity contribution in [3.63, 3.8) is 0 Å². The van der Waals surface area contributed by atoms with Gasteiger partial charge in [-0.1, -0.05) is 36.4 Å². The van der Waals surface area contributed by atoms with Crippen LogP contribution in [0.5, 0.6) is 0 Å². The van der Waals surface area contributed by atoms with Crippen molar-refractivity contribution in [1.82, 2.24) is 20.9 Å². The number of aromatic nitrogens is 1. The van der Waals surface area contributed by atoms with Crippen molar-refractivity contribution in [2.75, 3.05) is 12.3 Å². The van der Waals surface area contributed by atoms with Gasteiger partial charge < -0.3 is 21.7 Å². The predicted molar refractivity (Wildman–Crippen MR) is 108 cm³/mol. The molecule has 1 aliphatic heterocycles. The fourth-order valence-electron chi connectivity index (χ4n) is 3.41. The van der Waals surface area contributed by atoms with Gasteiger partial charge in [-0.3, -0.25) is 9.59 Å². The van der Waals surface area contributed by atoms with E-state index in [1.165, 1.54) is 5.56 Å². The van der Waals surface area contributed by atoms with Crippen LogP contribution in [0.1, 0.15) is 36.8 Å². The second-order valence-electron chi connectivity index (χ2n) is 7.18. The molecule has 148 valence electrons. The summed E-state index contributed by atoms with van der Waals surface area (Å²) in [6, 6.07) is 12.8. The molecule has 1 aliphatic rings. The van der Waals surface area contributed by atoms with E-state index in [1.54, 1.807) is 19.2 Å². The molecule has 1 aromatic carbocycles. The van der Waals surface area contributed by atoms with Crippen molar-refractivity contribution in [3.8, 4) is 0 Å². The molecule has 1 saturated heterocycles. The quantitative estimate of drug-likeness (QED) is 0.603. The lowest BCUT2D eigenvalue weighted by atomic mass is 9.86. The largest absolute Gasteiger partial charge is 0.384 e. The fourth-order valence-corrected chi connectivity index (χ4v) is 3.41. The van der Waals surface area contributed by atoms with E-state index in [0.29, 0.717) is 18.3 Å². The average molecular weight is 381 g/mol. The Morgan fingerprint density at radius 2 is 2.04 bits per heavy atom. The van der Waals surface area contributed by atoms with Crippen LogP contribution in [0.4, 0.5) is 5.82 Å². The lowest BCUT2D eigenvalue weighted by molar-refractivity contribution is -0.130. The molecule has 7 heteroatoms. The van der Waals surface area contributed by atoms with Crippen molar-refractivity contribution in [1.29, 1.82) is 0 Å². The number of piperidine rings is 1. The third-order valence-corrected chi connectivity index (χ3v) is 5.06. The van der Waals surface area contributed by atoms with E-state index in [9.17, 15) is 9.59 Å². The summed E-state index contributed by atoms with van der Waals surface area (Å²) in [5.41, 5.74) is 7.65. The second-order valence-corrected chi connectivity index (χ2v) is 7.18. The highest BCUT2D eigenvalue weighted by atomic mass is 16.2. The summed E-state index contributed by atoms with van der Waals surface area (Å²) < 4.78 is 0. The maximum Gasteiger partial charge on any atom is 0.242 e. The van der Waals surface area contributed by atoms with Crippen molar-refractivity contribution < 1.29 is 9.59 Å². The summed E-state index contributed by atoms with van der Waals surface area (Å²) in [4.78, 5) is 28.9. The summed E-state index contributed by atoms with van der Waals surface area (Å²) >= 11 is 0. The molecule has 5 N–H and O–H groups in total. The first-order valence-corrected chi connectivity index (χ1v) is 9.59. The number of benzene rings is 1. The molecular weight excluding hydrogens is 354 g/mol. The van der Waals surface area contributed by atoms with Crippen LogP contribution in [0, 0.1) is 0 Å². The Morgan fingerprint density at radius 3 is 2.75 bits per heavy atom. The average Bonchev–Trinajstić information content (AvgIpc) is 2.73. The zero-order valence-electron chi connectivity index (χ0n) is 16.0. The van der Waals surface area contributed by atoms with Gasteiger partial charge >= 0.3 is 0 Å². The second kappa shape index (κ2) is 9.32. The van der Waals surface area contributed by atoms with Crippen LogP contribution < -0.4 is 21.7 Å². The summed E-state index contributed by atoms with van der Waals surface area (Å²) in [7, 11) is 0. The standard InChI is InChI=1S/C21H27N5O2/c1-14(20(27)25-13-15-7-8-19(22)24-12-15)26-21(28)18-11-17(9-10-23-18)16-5-3-2-4-6-16/h2-8,12,14,17-18,23H,9-11,13H2,1H3,(H2,22,24)(H,25,27)(H,26,28)/t14-,17-,18+/m0/s1. The van der Waals surface area contributed by atoms with Gasteiger partial charge in [0.1, 0.15) is 11.9 Å². The molecule has 0 saturated carbocycles. The van der Waals surface area contributed by atoms with Gasteiger partial charge in [-0.25, -0.2) is 4.98 Å². The highest BCUT2D eigenvalue weighted by Crippen LogP contribution is 2.27. The minimum atomic E-state index is -0.617. The van der Waals surface area contributed by atoms with Crippen LogP contribution in [0.25, 0.3) is 0 Å². The molecule has 2 aromatic rings. The molecule has 7 nitrogen and oxygen atoms in total. The SMILES string of the molecule is C[C@H](NC(=O)[C@H]1C[C@@H](c2ccccc2)CCN1)C(=O)NCc1ccc(N)nc1. The first-order valence-electron chi connectivity index (χ1n) is 9.59. The Bertz CT molecular complexity index is 794. The normalized spacial score (nSPS) is 20.2. The van der Waals surface area contributed by atoms with Gasteiger partial charge in [0.2, 0.25) is 11.8 Å². The Kier molecular flexibility index (Phi) is 6.60. The van der Waals surface area contributed by atoms with E-state index in [1.807, 2.05) is 24.3 Å². The van der Waals surface area contributed by atoms with E-state index in [0.717, 1.165) is 24.9 Å². The molecule has 2 heterocycles. The number of hydrogen-bond acceptors (Lipinski definition) is 5. The Balaban J connectivity index is 1.48. The molecule has 0 bridgehead atoms. The molecular formula is C21H27N5O2. The highest BCUT2D eigenvalue weighted by molar-refractivity contribution is 5.89. The van der Waals surface area contributed by atoms with Crippen LogP contribution in [0.2, 0.25) is 0 Å². The lowest BCUT2D eigenvalue weighted by Gasteiger charge is -2.30. The minimum absolute atomic E-state index is 0.141. The number of pyridine rings is 1. The zero-order valence-corrected chi connectivity index (χ0v) is 16.0. The molecule has 0 spiro atoms. The first-order chi connectivity index (χ1) is 13.5. The van der Waals surface area contributed by atoms with Gasteiger partial charge in [-0.2, -0.15) is 0 Å². The zero-order chi connectivity index (χ0) is 19.9. The summed E-state index contributed by atoms with van der Waals surface area (Å²) in [6.45, 7) is 2.80. The summed E-state index contributed by atoms with van der Waals surface area (Å²) in [5, 5.41) is 8.89. The van der Waals surface area contributed by atoms with Crippen LogP contribution in [-0.2, 0) is 16.1 Å². The summed E-state index contributed by atoms with van der Waals surface area (Å²) in [5.74, 6) is 0.405. The van der Waals surface area contributed by atoms with Gasteiger partial charge in [0.15, 0.2) is 0 Å². The number of nitrogens with one attached hydrogen (secondary N) is 3. The molecule has 0 aliphatic carbocycles. The molecule has 2 amide bonds. The number of nitrogen functional groups attached to an aromatic ring is 1. The number of nitrogens with two attached hydrogens (primary N) is 1. The number of amides is 2. The van der Waals surface area contributed by atoms with Gasteiger partial charge in [0, 0.05) is 12.7 Å². The van der Waals surface area contributed by atoms with Gasteiger partial charge in [-0.05, 0) is 49.4 Å². The summed E-state index contributed by atoms with van der Waals surface area (Å²) in [6.07, 6.45) is 3.34. The predicted octanol–water partition coefficient (Wildman–Crippen LogP) is 1.32. The van der Waals surface area contributed by atoms with Crippen LogP contribution in [0.3, 0.4) is 0 Å². The van der Waals surface area contributed by atoms with E-state index in [2.05, 4.69) is 33.1 Å². The smallest absolute Gasteiger partial charge is 0.242 e. The molecule has 0 unspecified atom stereocenters. The minimum Gasteiger partial charge on any atom is -0.384 e. The van der Waals surface area contributed by atoms with E-state index in [4.69, 9.17) is 5.73 Å². The molecule has 3 rings (SSSR count). The van der Waals surface area contributed by atoms with Crippen LogP contribution >= 0.6 is 0 Å². The van der Waals surface area contributed by atoms with Gasteiger partial charge in [-0.15, -0.1) is 0 Å². The van der Waals surface area contributed by atoms with Gasteiger partial charge in [0.05, 0.1) is 6.04 Å². The molecule has 1 fully saturated rings. The third-order valence-electron chi connectivity index (χ3n) is 5.06. The van der Waals surface area contributed by atoms with Crippen molar-refractivity contribution in [2.24, 2.45) is 0 Å². The lowest BCUT2D eigenvalue weighted by Crippen LogP contribution is -2.53. The molecule has 0 radical (unpaired) electrons. The molecule has 1 aromatic heterocycles. The maximum atomic E-state index is 12.6. The maximum absolute atomic E-state index is 12.6. The van der Waals surface area contributed by atoms with E-state index < -0.39 is 6.04 Å². The van der Waals surface area contributed by atoms with E-state index >= 15 is 0 Å².